The van der Waals surface area contributed by atoms with Crippen molar-refractivity contribution in [1.29, 1.82) is 0 Å². The first-order valence-electron chi connectivity index (χ1n) is 6.76. The van der Waals surface area contributed by atoms with Gasteiger partial charge >= 0.3 is 0 Å². The molecule has 0 bridgehead atoms. The van der Waals surface area contributed by atoms with E-state index in [9.17, 15) is 13.5 Å². The summed E-state index contributed by atoms with van der Waals surface area (Å²) < 4.78 is 26.7. The van der Waals surface area contributed by atoms with Crippen molar-refractivity contribution < 1.29 is 13.5 Å². The Kier molecular flexibility index (Phi) is 3.50. The molecule has 5 heteroatoms. The summed E-state index contributed by atoms with van der Waals surface area (Å²) in [6.07, 6.45) is 0. The summed E-state index contributed by atoms with van der Waals surface area (Å²) in [5, 5.41) is 11.7. The van der Waals surface area contributed by atoms with Crippen LogP contribution >= 0.6 is 0 Å². The minimum Gasteiger partial charge on any atom is -0.506 e. The van der Waals surface area contributed by atoms with Crippen molar-refractivity contribution in [3.8, 4) is 5.75 Å². The van der Waals surface area contributed by atoms with Gasteiger partial charge in [0, 0.05) is 12.4 Å². The highest BCUT2D eigenvalue weighted by atomic mass is 32.2. The van der Waals surface area contributed by atoms with E-state index in [4.69, 9.17) is 0 Å². The lowest BCUT2D eigenvalue weighted by atomic mass is 10.1. The average Bonchev–Trinajstić information content (AvgIpc) is 2.55. The van der Waals surface area contributed by atoms with E-state index in [0.717, 1.165) is 9.69 Å². The van der Waals surface area contributed by atoms with Gasteiger partial charge in [0.1, 0.15) is 10.6 Å². The van der Waals surface area contributed by atoms with Gasteiger partial charge in [0.05, 0.1) is 5.69 Å². The molecule has 0 saturated carbocycles. The molecule has 0 saturated heterocycles. The SMILES string of the molecule is CN(c1ccccc1)S(=O)(=O)c1ccc2ccccc2c1O. The third-order valence-electron chi connectivity index (χ3n) is 3.62. The Morgan fingerprint density at radius 3 is 2.23 bits per heavy atom. The quantitative estimate of drug-likeness (QED) is 0.806. The van der Waals surface area contributed by atoms with Crippen LogP contribution in [0.15, 0.2) is 71.6 Å². The molecule has 0 aliphatic heterocycles. The second-order valence-electron chi connectivity index (χ2n) is 4.94. The van der Waals surface area contributed by atoms with Crippen molar-refractivity contribution in [3.63, 3.8) is 0 Å². The molecule has 0 spiro atoms. The monoisotopic (exact) mass is 313 g/mol. The number of nitrogens with zero attached hydrogens (tertiary/aromatic N) is 1. The van der Waals surface area contributed by atoms with Gasteiger partial charge in [-0.15, -0.1) is 0 Å². The van der Waals surface area contributed by atoms with Crippen LogP contribution in [0.25, 0.3) is 10.8 Å². The second-order valence-corrected chi connectivity index (χ2v) is 6.88. The van der Waals surface area contributed by atoms with Gasteiger partial charge in [-0.3, -0.25) is 4.31 Å². The van der Waals surface area contributed by atoms with Crippen LogP contribution in [0.3, 0.4) is 0 Å². The number of phenolic OH excluding ortho intramolecular Hbond substituents is 1. The molecule has 112 valence electrons. The number of hydrogen-bond acceptors (Lipinski definition) is 3. The molecule has 0 aliphatic carbocycles. The highest BCUT2D eigenvalue weighted by Crippen LogP contribution is 2.34. The Labute approximate surface area is 129 Å². The first kappa shape index (κ1) is 14.4. The number of rotatable bonds is 3. The molecule has 4 nitrogen and oxygen atoms in total. The normalized spacial score (nSPS) is 11.5. The van der Waals surface area contributed by atoms with Gasteiger partial charge in [-0.2, -0.15) is 0 Å². The molecule has 22 heavy (non-hydrogen) atoms. The molecular formula is C17H15NO3S. The van der Waals surface area contributed by atoms with Crippen molar-refractivity contribution in [3.05, 3.63) is 66.7 Å². The molecule has 0 unspecified atom stereocenters. The van der Waals surface area contributed by atoms with Crippen molar-refractivity contribution in [2.24, 2.45) is 0 Å². The van der Waals surface area contributed by atoms with Crippen LogP contribution in [0.4, 0.5) is 5.69 Å². The Morgan fingerprint density at radius 2 is 1.50 bits per heavy atom. The lowest BCUT2D eigenvalue weighted by molar-refractivity contribution is 0.465. The van der Waals surface area contributed by atoms with E-state index >= 15 is 0 Å². The molecule has 0 aliphatic rings. The van der Waals surface area contributed by atoms with Gasteiger partial charge in [-0.05, 0) is 23.6 Å². The zero-order chi connectivity index (χ0) is 15.7. The fraction of sp³-hybridized carbons (Fsp3) is 0.0588. The van der Waals surface area contributed by atoms with Crippen molar-refractivity contribution in [2.45, 2.75) is 4.90 Å². The Balaban J connectivity index is 2.16. The molecule has 0 atom stereocenters. The number of hydrogen-bond donors (Lipinski definition) is 1. The van der Waals surface area contributed by atoms with Crippen LogP contribution < -0.4 is 4.31 Å². The van der Waals surface area contributed by atoms with Gasteiger partial charge in [-0.1, -0.05) is 48.5 Å². The number of phenols is 1. The predicted octanol–water partition coefficient (Wildman–Crippen LogP) is 3.37. The summed E-state index contributed by atoms with van der Waals surface area (Å²) in [7, 11) is -2.36. The van der Waals surface area contributed by atoms with Gasteiger partial charge in [0.15, 0.2) is 0 Å². The Bertz CT molecular complexity index is 921. The van der Waals surface area contributed by atoms with Crippen molar-refractivity contribution >= 4 is 26.5 Å². The fourth-order valence-corrected chi connectivity index (χ4v) is 3.66. The third kappa shape index (κ3) is 2.29. The number of para-hydroxylation sites is 1. The lowest BCUT2D eigenvalue weighted by Gasteiger charge is -2.20. The molecule has 0 radical (unpaired) electrons. The van der Waals surface area contributed by atoms with Crippen molar-refractivity contribution in [2.75, 3.05) is 11.4 Å². The Hall–Kier alpha value is -2.53. The first-order chi connectivity index (χ1) is 10.5. The molecule has 3 aromatic carbocycles. The first-order valence-corrected chi connectivity index (χ1v) is 8.20. The van der Waals surface area contributed by atoms with Crippen LogP contribution in [-0.2, 0) is 10.0 Å². The van der Waals surface area contributed by atoms with Crippen molar-refractivity contribution in [1.82, 2.24) is 0 Å². The van der Waals surface area contributed by atoms with Crippen LogP contribution in [-0.4, -0.2) is 20.6 Å². The zero-order valence-corrected chi connectivity index (χ0v) is 12.8. The molecule has 0 heterocycles. The van der Waals surface area contributed by atoms with E-state index < -0.39 is 10.0 Å². The van der Waals surface area contributed by atoms with E-state index in [2.05, 4.69) is 0 Å². The molecule has 3 aromatic rings. The highest BCUT2D eigenvalue weighted by Gasteiger charge is 2.25. The Morgan fingerprint density at radius 1 is 0.864 bits per heavy atom. The van der Waals surface area contributed by atoms with Gasteiger partial charge in [0.2, 0.25) is 0 Å². The molecular weight excluding hydrogens is 298 g/mol. The summed E-state index contributed by atoms with van der Waals surface area (Å²) in [6.45, 7) is 0. The maximum absolute atomic E-state index is 12.8. The molecule has 1 N–H and O–H groups in total. The smallest absolute Gasteiger partial charge is 0.267 e. The second kappa shape index (κ2) is 5.35. The number of aromatic hydroxyl groups is 1. The number of benzene rings is 3. The van der Waals surface area contributed by atoms with Crippen LogP contribution in [0, 0.1) is 0 Å². The van der Waals surface area contributed by atoms with E-state index in [1.165, 1.54) is 13.1 Å². The molecule has 0 amide bonds. The number of sulfonamides is 1. The molecule has 0 fully saturated rings. The third-order valence-corrected chi connectivity index (χ3v) is 5.44. The maximum atomic E-state index is 12.8. The van der Waals surface area contributed by atoms with Gasteiger partial charge in [0.25, 0.3) is 10.0 Å². The maximum Gasteiger partial charge on any atom is 0.267 e. The van der Waals surface area contributed by atoms with Crippen LogP contribution in [0.2, 0.25) is 0 Å². The van der Waals surface area contributed by atoms with E-state index in [1.54, 1.807) is 42.5 Å². The molecule has 3 rings (SSSR count). The van der Waals surface area contributed by atoms with Gasteiger partial charge < -0.3 is 5.11 Å². The van der Waals surface area contributed by atoms with Crippen LogP contribution in [0.5, 0.6) is 5.75 Å². The standard InChI is InChI=1S/C17H15NO3S/c1-18(14-8-3-2-4-9-14)22(20,21)16-12-11-13-7-5-6-10-15(13)17(16)19/h2-12,19H,1H3. The minimum absolute atomic E-state index is 0.0995. The summed E-state index contributed by atoms with van der Waals surface area (Å²) in [5.74, 6) is -0.221. The number of fused-ring (bicyclic) bond motifs is 1. The van der Waals surface area contributed by atoms with Gasteiger partial charge in [-0.25, -0.2) is 8.42 Å². The van der Waals surface area contributed by atoms with E-state index in [1.807, 2.05) is 18.2 Å². The summed E-state index contributed by atoms with van der Waals surface area (Å²) >= 11 is 0. The lowest BCUT2D eigenvalue weighted by Crippen LogP contribution is -2.26. The highest BCUT2D eigenvalue weighted by molar-refractivity contribution is 7.93. The largest absolute Gasteiger partial charge is 0.506 e. The summed E-state index contributed by atoms with van der Waals surface area (Å²) in [6, 6.07) is 19.0. The van der Waals surface area contributed by atoms with E-state index in [0.29, 0.717) is 11.1 Å². The minimum atomic E-state index is -3.83. The summed E-state index contributed by atoms with van der Waals surface area (Å²) in [5.41, 5.74) is 0.537. The topological polar surface area (TPSA) is 57.6 Å². The number of anilines is 1. The molecule has 0 aromatic heterocycles. The predicted molar refractivity (Wildman–Crippen MR) is 87.6 cm³/mol. The van der Waals surface area contributed by atoms with Crippen LogP contribution in [0.1, 0.15) is 0 Å². The zero-order valence-electron chi connectivity index (χ0n) is 12.0. The fourth-order valence-electron chi connectivity index (χ4n) is 2.37. The summed E-state index contributed by atoms with van der Waals surface area (Å²) in [4.78, 5) is -0.0995. The van der Waals surface area contributed by atoms with E-state index in [-0.39, 0.29) is 10.6 Å². The average molecular weight is 313 g/mol.